The van der Waals surface area contributed by atoms with Gasteiger partial charge < -0.3 is 14.5 Å². The molecule has 4 rings (SSSR count). The van der Waals surface area contributed by atoms with Crippen LogP contribution in [0.3, 0.4) is 0 Å². The molecule has 1 unspecified atom stereocenters. The summed E-state index contributed by atoms with van der Waals surface area (Å²) in [5.41, 5.74) is 2.21. The van der Waals surface area contributed by atoms with Crippen molar-refractivity contribution in [3.8, 4) is 0 Å². The van der Waals surface area contributed by atoms with Gasteiger partial charge in [-0.2, -0.15) is 0 Å². The number of carbonyl (C=O) groups excluding carboxylic acids is 2. The summed E-state index contributed by atoms with van der Waals surface area (Å²) >= 11 is 1.44. The van der Waals surface area contributed by atoms with Crippen LogP contribution in [0.4, 0.5) is 0 Å². The normalized spacial score (nSPS) is 23.4. The SMILES string of the molecule is CN(CCN(C1CCOCC1)C1CCN(C(=O)C2CC2)C1)C(=O)c1cscn1. The molecule has 0 bridgehead atoms. The molecule has 3 aliphatic rings. The molecule has 7 nitrogen and oxygen atoms in total. The van der Waals surface area contributed by atoms with Crippen molar-refractivity contribution in [1.82, 2.24) is 19.7 Å². The minimum absolute atomic E-state index is 0.0230. The highest BCUT2D eigenvalue weighted by Gasteiger charge is 2.39. The first-order valence-electron chi connectivity index (χ1n) is 10.4. The first-order valence-corrected chi connectivity index (χ1v) is 11.3. The highest BCUT2D eigenvalue weighted by atomic mass is 32.1. The quantitative estimate of drug-likeness (QED) is 0.690. The average molecular weight is 407 g/mol. The molecule has 1 atom stereocenters. The number of ether oxygens (including phenoxy) is 1. The van der Waals surface area contributed by atoms with Gasteiger partial charge in [-0.3, -0.25) is 14.5 Å². The Bertz CT molecular complexity index is 673. The van der Waals surface area contributed by atoms with Crippen molar-refractivity contribution in [2.75, 3.05) is 46.4 Å². The third-order valence-electron chi connectivity index (χ3n) is 6.22. The maximum atomic E-state index is 12.5. The second-order valence-electron chi connectivity index (χ2n) is 8.18. The van der Waals surface area contributed by atoms with Crippen LogP contribution in [0.5, 0.6) is 0 Å². The van der Waals surface area contributed by atoms with Crippen molar-refractivity contribution >= 4 is 23.2 Å². The first kappa shape index (κ1) is 19.8. The van der Waals surface area contributed by atoms with Gasteiger partial charge in [0, 0.05) is 69.8 Å². The lowest BCUT2D eigenvalue weighted by Crippen LogP contribution is -2.50. The van der Waals surface area contributed by atoms with Gasteiger partial charge in [-0.25, -0.2) is 4.98 Å². The molecule has 2 amide bonds. The van der Waals surface area contributed by atoms with Gasteiger partial charge in [-0.05, 0) is 32.1 Å². The van der Waals surface area contributed by atoms with Crippen LogP contribution >= 0.6 is 11.3 Å². The number of nitrogens with zero attached hydrogens (tertiary/aromatic N) is 4. The molecule has 28 heavy (non-hydrogen) atoms. The van der Waals surface area contributed by atoms with Crippen molar-refractivity contribution < 1.29 is 14.3 Å². The van der Waals surface area contributed by atoms with E-state index in [1.165, 1.54) is 11.3 Å². The Balaban J connectivity index is 1.37. The maximum Gasteiger partial charge on any atom is 0.273 e. The van der Waals surface area contributed by atoms with Gasteiger partial charge in [-0.15, -0.1) is 11.3 Å². The Morgan fingerprint density at radius 2 is 1.96 bits per heavy atom. The summed E-state index contributed by atoms with van der Waals surface area (Å²) in [6.07, 6.45) is 5.20. The molecule has 8 heteroatoms. The van der Waals surface area contributed by atoms with Gasteiger partial charge in [0.15, 0.2) is 0 Å². The molecule has 0 spiro atoms. The van der Waals surface area contributed by atoms with E-state index in [1.807, 2.05) is 7.05 Å². The molecule has 2 aliphatic heterocycles. The van der Waals surface area contributed by atoms with E-state index in [0.29, 0.717) is 30.2 Å². The number of carbonyl (C=O) groups is 2. The lowest BCUT2D eigenvalue weighted by atomic mass is 10.0. The maximum absolute atomic E-state index is 12.5. The van der Waals surface area contributed by atoms with Gasteiger partial charge in [0.1, 0.15) is 5.69 Å². The fourth-order valence-corrected chi connectivity index (χ4v) is 4.89. The smallest absolute Gasteiger partial charge is 0.273 e. The zero-order valence-electron chi connectivity index (χ0n) is 16.6. The topological polar surface area (TPSA) is 66.0 Å². The summed E-state index contributed by atoms with van der Waals surface area (Å²) in [6, 6.07) is 0.853. The first-order chi connectivity index (χ1) is 13.6. The molecule has 1 aliphatic carbocycles. The van der Waals surface area contributed by atoms with E-state index in [2.05, 4.69) is 14.8 Å². The van der Waals surface area contributed by atoms with Crippen molar-refractivity contribution in [3.05, 3.63) is 16.6 Å². The number of rotatable bonds is 7. The largest absolute Gasteiger partial charge is 0.381 e. The number of hydrogen-bond acceptors (Lipinski definition) is 6. The summed E-state index contributed by atoms with van der Waals surface area (Å²) < 4.78 is 5.56. The van der Waals surface area contributed by atoms with E-state index in [0.717, 1.165) is 65.0 Å². The second-order valence-corrected chi connectivity index (χ2v) is 8.90. The fourth-order valence-electron chi connectivity index (χ4n) is 4.36. The van der Waals surface area contributed by atoms with E-state index < -0.39 is 0 Å². The Labute approximate surface area is 170 Å². The van der Waals surface area contributed by atoms with Crippen LogP contribution in [0.1, 0.15) is 42.6 Å². The molecule has 1 saturated carbocycles. The molecular weight excluding hydrogens is 376 g/mol. The third-order valence-corrected chi connectivity index (χ3v) is 6.81. The molecule has 0 radical (unpaired) electrons. The standard InChI is InChI=1S/C20H30N4O3S/c1-22(20(26)18-13-28-14-21-18)8-9-24(16-5-10-27-11-6-16)17-4-7-23(12-17)19(25)15-2-3-15/h13-17H,2-12H2,1H3. The van der Waals surface area contributed by atoms with E-state index in [-0.39, 0.29) is 11.8 Å². The Morgan fingerprint density at radius 1 is 1.18 bits per heavy atom. The van der Waals surface area contributed by atoms with Crippen LogP contribution in [0, 0.1) is 5.92 Å². The highest BCUT2D eigenvalue weighted by Crippen LogP contribution is 2.33. The summed E-state index contributed by atoms with van der Waals surface area (Å²) in [7, 11) is 1.85. The van der Waals surface area contributed by atoms with Crippen LogP contribution in [0.2, 0.25) is 0 Å². The number of amides is 2. The van der Waals surface area contributed by atoms with Crippen LogP contribution in [0.25, 0.3) is 0 Å². The zero-order valence-corrected chi connectivity index (χ0v) is 17.4. The van der Waals surface area contributed by atoms with Crippen LogP contribution in [0.15, 0.2) is 10.9 Å². The molecule has 2 saturated heterocycles. The highest BCUT2D eigenvalue weighted by molar-refractivity contribution is 7.07. The van der Waals surface area contributed by atoms with E-state index in [4.69, 9.17) is 4.74 Å². The molecule has 0 N–H and O–H groups in total. The predicted octanol–water partition coefficient (Wildman–Crippen LogP) is 1.71. The van der Waals surface area contributed by atoms with Crippen LogP contribution < -0.4 is 0 Å². The molecular formula is C20H30N4O3S. The molecule has 3 heterocycles. The Kier molecular flexibility index (Phi) is 6.28. The van der Waals surface area contributed by atoms with Gasteiger partial charge >= 0.3 is 0 Å². The van der Waals surface area contributed by atoms with Gasteiger partial charge in [0.2, 0.25) is 5.91 Å². The van der Waals surface area contributed by atoms with E-state index >= 15 is 0 Å². The van der Waals surface area contributed by atoms with Crippen molar-refractivity contribution in [3.63, 3.8) is 0 Å². The molecule has 154 valence electrons. The summed E-state index contributed by atoms with van der Waals surface area (Å²) in [5, 5.41) is 1.80. The predicted molar refractivity (Wildman–Crippen MR) is 107 cm³/mol. The van der Waals surface area contributed by atoms with Crippen molar-refractivity contribution in [1.29, 1.82) is 0 Å². The number of aromatic nitrogens is 1. The van der Waals surface area contributed by atoms with Gasteiger partial charge in [-0.1, -0.05) is 0 Å². The van der Waals surface area contributed by atoms with Gasteiger partial charge in [0.05, 0.1) is 5.51 Å². The molecule has 1 aromatic rings. The number of likely N-dealkylation sites (tertiary alicyclic amines) is 1. The fraction of sp³-hybridized carbons (Fsp3) is 0.750. The number of likely N-dealkylation sites (N-methyl/N-ethyl adjacent to an activating group) is 1. The van der Waals surface area contributed by atoms with E-state index in [9.17, 15) is 9.59 Å². The zero-order chi connectivity index (χ0) is 19.5. The minimum Gasteiger partial charge on any atom is -0.381 e. The van der Waals surface area contributed by atoms with Gasteiger partial charge in [0.25, 0.3) is 5.91 Å². The Hall–Kier alpha value is -1.51. The Morgan fingerprint density at radius 3 is 2.64 bits per heavy atom. The van der Waals surface area contributed by atoms with Crippen molar-refractivity contribution in [2.45, 2.75) is 44.2 Å². The number of hydrogen-bond donors (Lipinski definition) is 0. The number of thiazole rings is 1. The lowest BCUT2D eigenvalue weighted by molar-refractivity contribution is -0.131. The van der Waals surface area contributed by atoms with Crippen LogP contribution in [-0.2, 0) is 9.53 Å². The van der Waals surface area contributed by atoms with Crippen LogP contribution in [-0.4, -0.2) is 90.0 Å². The van der Waals surface area contributed by atoms with E-state index in [1.54, 1.807) is 15.8 Å². The third kappa shape index (κ3) is 4.55. The average Bonchev–Trinajstić information content (AvgIpc) is 3.21. The molecule has 0 aromatic carbocycles. The van der Waals surface area contributed by atoms with Crippen molar-refractivity contribution in [2.24, 2.45) is 5.92 Å². The molecule has 1 aromatic heterocycles. The summed E-state index contributed by atoms with van der Waals surface area (Å²) in [4.78, 5) is 35.5. The second kappa shape index (κ2) is 8.88. The summed E-state index contributed by atoms with van der Waals surface area (Å²) in [5.74, 6) is 0.618. The molecule has 3 fully saturated rings. The summed E-state index contributed by atoms with van der Waals surface area (Å²) in [6.45, 7) is 4.79. The monoisotopic (exact) mass is 406 g/mol. The lowest BCUT2D eigenvalue weighted by Gasteiger charge is -2.39. The minimum atomic E-state index is -0.0230.